The number of methoxy groups -OCH3 is 1. The maximum Gasteiger partial charge on any atom is 0.337 e. The first-order valence-corrected chi connectivity index (χ1v) is 6.78. The van der Waals surface area contributed by atoms with E-state index in [1.807, 2.05) is 0 Å². The van der Waals surface area contributed by atoms with Crippen LogP contribution in [-0.2, 0) is 6.42 Å². The molecule has 0 aliphatic heterocycles. The van der Waals surface area contributed by atoms with Gasteiger partial charge < -0.3 is 9.15 Å². The monoisotopic (exact) mass is 276 g/mol. The maximum atomic E-state index is 12.1. The third-order valence-electron chi connectivity index (χ3n) is 3.91. The molecular weight excluding hydrogens is 260 g/mol. The van der Waals surface area contributed by atoms with E-state index in [1.165, 1.54) is 32.4 Å². The van der Waals surface area contributed by atoms with Gasteiger partial charge in [-0.1, -0.05) is 19.3 Å². The molecule has 2 aromatic heterocycles. The summed E-state index contributed by atoms with van der Waals surface area (Å²) in [6.07, 6.45) is 5.44. The molecule has 1 aliphatic rings. The Morgan fingerprint density at radius 1 is 1.45 bits per heavy atom. The Morgan fingerprint density at radius 2 is 2.25 bits per heavy atom. The molecule has 2 heterocycles. The van der Waals surface area contributed by atoms with E-state index in [0.717, 1.165) is 6.42 Å². The van der Waals surface area contributed by atoms with Gasteiger partial charge in [-0.2, -0.15) is 4.98 Å². The third-order valence-corrected chi connectivity index (χ3v) is 3.91. The van der Waals surface area contributed by atoms with Crippen molar-refractivity contribution < 1.29 is 9.15 Å². The Labute approximate surface area is 114 Å². The highest BCUT2D eigenvalue weighted by Crippen LogP contribution is 2.30. The van der Waals surface area contributed by atoms with Crippen LogP contribution in [0.3, 0.4) is 0 Å². The second kappa shape index (κ2) is 5.11. The molecule has 1 saturated carbocycles. The molecule has 0 aromatic carbocycles. The van der Waals surface area contributed by atoms with Crippen molar-refractivity contribution >= 4 is 11.1 Å². The number of aromatic nitrogens is 2. The molecule has 0 bridgehead atoms. The van der Waals surface area contributed by atoms with Crippen LogP contribution in [0.25, 0.3) is 11.1 Å². The first-order valence-electron chi connectivity index (χ1n) is 6.78. The largest absolute Gasteiger partial charge is 0.468 e. The fourth-order valence-electron chi connectivity index (χ4n) is 2.56. The van der Waals surface area contributed by atoms with Crippen molar-refractivity contribution in [2.24, 2.45) is 5.92 Å². The minimum atomic E-state index is -0.485. The average Bonchev–Trinajstić information content (AvgIpc) is 2.35. The summed E-state index contributed by atoms with van der Waals surface area (Å²) in [7, 11) is 1.39. The summed E-state index contributed by atoms with van der Waals surface area (Å²) in [6.45, 7) is 0. The lowest BCUT2D eigenvalue weighted by Crippen LogP contribution is -2.16. The number of nitrogens with zero attached hydrogens (tertiary/aromatic N) is 1. The van der Waals surface area contributed by atoms with Crippen molar-refractivity contribution in [3.63, 3.8) is 0 Å². The van der Waals surface area contributed by atoms with Crippen molar-refractivity contribution in [1.82, 2.24) is 9.97 Å². The number of aromatic amines is 1. The van der Waals surface area contributed by atoms with Gasteiger partial charge >= 0.3 is 5.63 Å². The van der Waals surface area contributed by atoms with Gasteiger partial charge in [-0.15, -0.1) is 0 Å². The number of H-pyrrole nitrogens is 1. The SMILES string of the molecule is COc1nc2oc(=O)cc(CCC3CCC3)c2c(=O)[nH]1. The van der Waals surface area contributed by atoms with E-state index in [9.17, 15) is 9.59 Å². The number of hydrogen-bond donors (Lipinski definition) is 1. The summed E-state index contributed by atoms with van der Waals surface area (Å²) in [5, 5.41) is 0.352. The second-order valence-corrected chi connectivity index (χ2v) is 5.18. The van der Waals surface area contributed by atoms with Gasteiger partial charge in [-0.05, 0) is 24.3 Å². The topological polar surface area (TPSA) is 85.2 Å². The molecule has 6 heteroatoms. The van der Waals surface area contributed by atoms with Crippen molar-refractivity contribution in [3.05, 3.63) is 32.4 Å². The molecule has 0 amide bonds. The first kappa shape index (κ1) is 12.9. The Morgan fingerprint density at radius 3 is 2.90 bits per heavy atom. The van der Waals surface area contributed by atoms with E-state index in [0.29, 0.717) is 23.3 Å². The highest BCUT2D eigenvalue weighted by molar-refractivity contribution is 5.75. The zero-order valence-electron chi connectivity index (χ0n) is 11.3. The fourth-order valence-corrected chi connectivity index (χ4v) is 2.56. The van der Waals surface area contributed by atoms with Crippen molar-refractivity contribution in [2.45, 2.75) is 32.1 Å². The number of ether oxygens (including phenoxy) is 1. The number of aryl methyl sites for hydroxylation is 1. The highest BCUT2D eigenvalue weighted by atomic mass is 16.5. The molecule has 0 radical (unpaired) electrons. The van der Waals surface area contributed by atoms with Crippen molar-refractivity contribution in [3.8, 4) is 6.01 Å². The smallest absolute Gasteiger partial charge is 0.337 e. The summed E-state index contributed by atoms with van der Waals surface area (Å²) in [5.74, 6) is 0.711. The average molecular weight is 276 g/mol. The van der Waals surface area contributed by atoms with Crippen molar-refractivity contribution in [1.29, 1.82) is 0 Å². The number of nitrogens with one attached hydrogen (secondary N) is 1. The molecule has 2 aromatic rings. The number of rotatable bonds is 4. The zero-order chi connectivity index (χ0) is 14.1. The van der Waals surface area contributed by atoms with Crippen LogP contribution < -0.4 is 15.9 Å². The summed E-state index contributed by atoms with van der Waals surface area (Å²) in [5.41, 5.74) is -0.0678. The standard InChI is InChI=1S/C14H16N2O4/c1-19-14-15-12(18)11-9(6-5-8-3-2-4-8)7-10(17)20-13(11)16-14/h7-8H,2-6H2,1H3,(H,15,16,18). The molecule has 1 aliphatic carbocycles. The predicted molar refractivity (Wildman–Crippen MR) is 73.1 cm³/mol. The van der Waals surface area contributed by atoms with Crippen LogP contribution in [0.1, 0.15) is 31.2 Å². The predicted octanol–water partition coefficient (Wildman–Crippen LogP) is 1.62. The molecule has 0 unspecified atom stereocenters. The maximum absolute atomic E-state index is 12.1. The van der Waals surface area contributed by atoms with E-state index in [4.69, 9.17) is 9.15 Å². The first-order chi connectivity index (χ1) is 9.67. The van der Waals surface area contributed by atoms with Gasteiger partial charge in [0.05, 0.1) is 7.11 Å². The van der Waals surface area contributed by atoms with E-state index in [1.54, 1.807) is 0 Å². The normalized spacial score (nSPS) is 15.2. The molecule has 6 nitrogen and oxygen atoms in total. The number of hydrogen-bond acceptors (Lipinski definition) is 5. The van der Waals surface area contributed by atoms with Gasteiger partial charge in [0.15, 0.2) is 0 Å². The lowest BCUT2D eigenvalue weighted by Gasteiger charge is -2.25. The second-order valence-electron chi connectivity index (χ2n) is 5.18. The molecule has 3 rings (SSSR count). The lowest BCUT2D eigenvalue weighted by atomic mass is 9.81. The van der Waals surface area contributed by atoms with E-state index in [2.05, 4.69) is 9.97 Å². The van der Waals surface area contributed by atoms with Crippen LogP contribution in [0.15, 0.2) is 20.1 Å². The third kappa shape index (κ3) is 2.33. The van der Waals surface area contributed by atoms with Gasteiger partial charge in [0.2, 0.25) is 5.71 Å². The minimum Gasteiger partial charge on any atom is -0.468 e. The van der Waals surface area contributed by atoms with Crippen LogP contribution in [0.4, 0.5) is 0 Å². The van der Waals surface area contributed by atoms with Crippen LogP contribution in [0, 0.1) is 5.92 Å². The lowest BCUT2D eigenvalue weighted by molar-refractivity contribution is 0.296. The van der Waals surface area contributed by atoms with Gasteiger partial charge in [0.25, 0.3) is 11.6 Å². The number of fused-ring (bicyclic) bond motifs is 1. The van der Waals surface area contributed by atoms with Crippen molar-refractivity contribution in [2.75, 3.05) is 7.11 Å². The quantitative estimate of drug-likeness (QED) is 0.917. The summed E-state index contributed by atoms with van der Waals surface area (Å²) < 4.78 is 9.88. The molecule has 0 saturated heterocycles. The van der Waals surface area contributed by atoms with Crippen LogP contribution in [0.2, 0.25) is 0 Å². The molecule has 0 spiro atoms. The van der Waals surface area contributed by atoms with Crippen LogP contribution >= 0.6 is 0 Å². The van der Waals surface area contributed by atoms with Gasteiger partial charge in [0.1, 0.15) is 5.39 Å². The summed E-state index contributed by atoms with van der Waals surface area (Å²) in [4.78, 5) is 30.2. The molecule has 1 fully saturated rings. The summed E-state index contributed by atoms with van der Waals surface area (Å²) in [6, 6.07) is 1.44. The van der Waals surface area contributed by atoms with Gasteiger partial charge in [-0.3, -0.25) is 9.78 Å². The Hall–Kier alpha value is -2.11. The van der Waals surface area contributed by atoms with Gasteiger partial charge in [-0.25, -0.2) is 4.79 Å². The van der Waals surface area contributed by atoms with E-state index in [-0.39, 0.29) is 17.3 Å². The summed E-state index contributed by atoms with van der Waals surface area (Å²) >= 11 is 0. The molecule has 0 atom stereocenters. The van der Waals surface area contributed by atoms with Crippen LogP contribution in [-0.4, -0.2) is 17.1 Å². The Balaban J connectivity index is 2.05. The molecule has 20 heavy (non-hydrogen) atoms. The highest BCUT2D eigenvalue weighted by Gasteiger charge is 2.19. The molecular formula is C14H16N2O4. The zero-order valence-corrected chi connectivity index (χ0v) is 11.3. The van der Waals surface area contributed by atoms with E-state index < -0.39 is 5.63 Å². The Bertz CT molecular complexity index is 743. The van der Waals surface area contributed by atoms with E-state index >= 15 is 0 Å². The molecule has 106 valence electrons. The minimum absolute atomic E-state index is 0.0432. The van der Waals surface area contributed by atoms with Crippen LogP contribution in [0.5, 0.6) is 6.01 Å². The van der Waals surface area contributed by atoms with Gasteiger partial charge in [0, 0.05) is 6.07 Å². The Kier molecular flexibility index (Phi) is 3.30. The molecule has 1 N–H and O–H groups in total. The fraction of sp³-hybridized carbons (Fsp3) is 0.500.